The van der Waals surface area contributed by atoms with E-state index in [1.807, 2.05) is 37.3 Å². The van der Waals surface area contributed by atoms with Gasteiger partial charge in [0, 0.05) is 5.56 Å². The molecule has 0 radical (unpaired) electrons. The van der Waals surface area contributed by atoms with Gasteiger partial charge in [0.2, 0.25) is 5.89 Å². The monoisotopic (exact) mass is 331 g/mol. The van der Waals surface area contributed by atoms with Crippen LogP contribution in [0.3, 0.4) is 0 Å². The van der Waals surface area contributed by atoms with E-state index >= 15 is 0 Å². The summed E-state index contributed by atoms with van der Waals surface area (Å²) in [4.78, 5) is 0. The van der Waals surface area contributed by atoms with E-state index in [1.54, 1.807) is 4.68 Å². The lowest BCUT2D eigenvalue weighted by Gasteiger charge is -2.06. The topological polar surface area (TPSA) is 69.6 Å². The SMILES string of the molecule is Cc1cc(C)cc(-n2nnc(-c3nnc(-c4ccccc4)o3)c2C)c1. The first-order valence-electron chi connectivity index (χ1n) is 8.02. The summed E-state index contributed by atoms with van der Waals surface area (Å²) in [6, 6.07) is 15.9. The Morgan fingerprint density at radius 1 is 0.800 bits per heavy atom. The fraction of sp³-hybridized carbons (Fsp3) is 0.158. The van der Waals surface area contributed by atoms with Crippen molar-refractivity contribution in [2.24, 2.45) is 0 Å². The first-order valence-corrected chi connectivity index (χ1v) is 8.02. The molecule has 6 heteroatoms. The minimum absolute atomic E-state index is 0.368. The second-order valence-corrected chi connectivity index (χ2v) is 6.06. The Bertz CT molecular complexity index is 1010. The Kier molecular flexibility index (Phi) is 3.65. The van der Waals surface area contributed by atoms with Crippen LogP contribution in [-0.2, 0) is 0 Å². The molecule has 0 bridgehead atoms. The van der Waals surface area contributed by atoms with E-state index in [9.17, 15) is 0 Å². The quantitative estimate of drug-likeness (QED) is 0.569. The predicted octanol–water partition coefficient (Wildman–Crippen LogP) is 3.91. The second-order valence-electron chi connectivity index (χ2n) is 6.06. The van der Waals surface area contributed by atoms with Crippen molar-refractivity contribution in [2.45, 2.75) is 20.8 Å². The van der Waals surface area contributed by atoms with Gasteiger partial charge in [0.15, 0.2) is 5.69 Å². The molecule has 0 aliphatic heterocycles. The van der Waals surface area contributed by atoms with Gasteiger partial charge in [-0.3, -0.25) is 0 Å². The largest absolute Gasteiger partial charge is 0.414 e. The van der Waals surface area contributed by atoms with E-state index in [2.05, 4.69) is 52.6 Å². The second kappa shape index (κ2) is 5.98. The zero-order valence-corrected chi connectivity index (χ0v) is 14.3. The van der Waals surface area contributed by atoms with Crippen LogP contribution in [0.4, 0.5) is 0 Å². The first-order chi connectivity index (χ1) is 12.1. The van der Waals surface area contributed by atoms with Crippen molar-refractivity contribution >= 4 is 0 Å². The van der Waals surface area contributed by atoms with Gasteiger partial charge in [0.1, 0.15) is 0 Å². The van der Waals surface area contributed by atoms with E-state index < -0.39 is 0 Å². The fourth-order valence-electron chi connectivity index (χ4n) is 2.86. The van der Waals surface area contributed by atoms with Crippen molar-refractivity contribution in [2.75, 3.05) is 0 Å². The average Bonchev–Trinajstić information content (AvgIpc) is 3.21. The van der Waals surface area contributed by atoms with Gasteiger partial charge in [0.05, 0.1) is 11.4 Å². The van der Waals surface area contributed by atoms with Crippen LogP contribution in [0.15, 0.2) is 52.9 Å². The minimum atomic E-state index is 0.368. The third-order valence-electron chi connectivity index (χ3n) is 3.99. The van der Waals surface area contributed by atoms with Gasteiger partial charge in [-0.1, -0.05) is 29.5 Å². The Morgan fingerprint density at radius 3 is 2.20 bits per heavy atom. The normalized spacial score (nSPS) is 11.0. The zero-order valence-electron chi connectivity index (χ0n) is 14.3. The molecule has 0 aliphatic rings. The lowest BCUT2D eigenvalue weighted by atomic mass is 10.1. The van der Waals surface area contributed by atoms with E-state index in [0.717, 1.165) is 16.9 Å². The molecule has 0 fully saturated rings. The fourth-order valence-corrected chi connectivity index (χ4v) is 2.86. The standard InChI is InChI=1S/C19H17N5O/c1-12-9-13(2)11-16(10-12)24-14(3)17(20-23-24)19-22-21-18(25-19)15-7-5-4-6-8-15/h4-11H,1-3H3. The number of aromatic nitrogens is 5. The highest BCUT2D eigenvalue weighted by molar-refractivity contribution is 5.57. The molecule has 0 amide bonds. The number of nitrogens with zero attached hydrogens (tertiary/aromatic N) is 5. The Hall–Kier alpha value is -3.28. The molecule has 25 heavy (non-hydrogen) atoms. The molecule has 6 nitrogen and oxygen atoms in total. The molecule has 0 N–H and O–H groups in total. The summed E-state index contributed by atoms with van der Waals surface area (Å²) in [6.45, 7) is 6.07. The highest BCUT2D eigenvalue weighted by atomic mass is 16.4. The van der Waals surface area contributed by atoms with Gasteiger partial charge in [-0.25, -0.2) is 4.68 Å². The zero-order chi connectivity index (χ0) is 17.4. The van der Waals surface area contributed by atoms with E-state index in [4.69, 9.17) is 4.42 Å². The molecule has 4 rings (SSSR count). The number of hydrogen-bond acceptors (Lipinski definition) is 5. The smallest absolute Gasteiger partial charge is 0.270 e. The Balaban J connectivity index is 1.73. The highest BCUT2D eigenvalue weighted by Crippen LogP contribution is 2.25. The number of benzene rings is 2. The molecule has 0 atom stereocenters. The summed E-state index contributed by atoms with van der Waals surface area (Å²) in [5.41, 5.74) is 5.64. The Morgan fingerprint density at radius 2 is 1.48 bits per heavy atom. The molecule has 2 heterocycles. The Labute approximate surface area is 145 Å². The molecule has 0 saturated carbocycles. The van der Waals surface area contributed by atoms with Crippen LogP contribution < -0.4 is 0 Å². The summed E-state index contributed by atoms with van der Waals surface area (Å²) < 4.78 is 7.59. The van der Waals surface area contributed by atoms with Crippen molar-refractivity contribution in [1.82, 2.24) is 25.2 Å². The third-order valence-corrected chi connectivity index (χ3v) is 3.99. The van der Waals surface area contributed by atoms with E-state index in [0.29, 0.717) is 17.5 Å². The van der Waals surface area contributed by atoms with Gasteiger partial charge in [-0.15, -0.1) is 15.3 Å². The number of aryl methyl sites for hydroxylation is 2. The molecule has 0 spiro atoms. The van der Waals surface area contributed by atoms with Gasteiger partial charge in [0.25, 0.3) is 5.89 Å². The van der Waals surface area contributed by atoms with Crippen molar-refractivity contribution in [3.63, 3.8) is 0 Å². The maximum atomic E-state index is 5.80. The molecular formula is C19H17N5O. The van der Waals surface area contributed by atoms with Crippen LogP contribution in [0.25, 0.3) is 28.7 Å². The molecular weight excluding hydrogens is 314 g/mol. The van der Waals surface area contributed by atoms with Crippen LogP contribution in [0.5, 0.6) is 0 Å². The van der Waals surface area contributed by atoms with Gasteiger partial charge in [-0.2, -0.15) is 0 Å². The summed E-state index contributed by atoms with van der Waals surface area (Å²) in [6.07, 6.45) is 0. The lowest BCUT2D eigenvalue weighted by molar-refractivity contribution is 0.581. The van der Waals surface area contributed by atoms with Gasteiger partial charge < -0.3 is 4.42 Å². The average molecular weight is 331 g/mol. The van der Waals surface area contributed by atoms with E-state index in [1.165, 1.54) is 11.1 Å². The number of hydrogen-bond donors (Lipinski definition) is 0. The summed E-state index contributed by atoms with van der Waals surface area (Å²) >= 11 is 0. The summed E-state index contributed by atoms with van der Waals surface area (Å²) in [7, 11) is 0. The van der Waals surface area contributed by atoms with Crippen molar-refractivity contribution in [3.8, 4) is 28.7 Å². The summed E-state index contributed by atoms with van der Waals surface area (Å²) in [5.74, 6) is 0.836. The highest BCUT2D eigenvalue weighted by Gasteiger charge is 2.18. The predicted molar refractivity (Wildman–Crippen MR) is 94.3 cm³/mol. The first kappa shape index (κ1) is 15.3. The molecule has 0 unspecified atom stereocenters. The van der Waals surface area contributed by atoms with Gasteiger partial charge >= 0.3 is 0 Å². The van der Waals surface area contributed by atoms with Crippen molar-refractivity contribution < 1.29 is 4.42 Å². The maximum Gasteiger partial charge on any atom is 0.270 e. The molecule has 2 aromatic carbocycles. The van der Waals surface area contributed by atoms with Crippen molar-refractivity contribution in [1.29, 1.82) is 0 Å². The van der Waals surface area contributed by atoms with Crippen LogP contribution in [0, 0.1) is 20.8 Å². The van der Waals surface area contributed by atoms with Crippen LogP contribution in [0.2, 0.25) is 0 Å². The van der Waals surface area contributed by atoms with Crippen LogP contribution >= 0.6 is 0 Å². The minimum Gasteiger partial charge on any atom is -0.414 e. The summed E-state index contributed by atoms with van der Waals surface area (Å²) in [5, 5.41) is 16.8. The maximum absolute atomic E-state index is 5.80. The van der Waals surface area contributed by atoms with Crippen molar-refractivity contribution in [3.05, 3.63) is 65.4 Å². The number of rotatable bonds is 3. The third kappa shape index (κ3) is 2.82. The van der Waals surface area contributed by atoms with Crippen LogP contribution in [0.1, 0.15) is 16.8 Å². The molecule has 2 aromatic heterocycles. The van der Waals surface area contributed by atoms with E-state index in [-0.39, 0.29) is 0 Å². The molecule has 4 aromatic rings. The van der Waals surface area contributed by atoms with Gasteiger partial charge in [-0.05, 0) is 56.2 Å². The van der Waals surface area contributed by atoms with Crippen LogP contribution in [-0.4, -0.2) is 25.2 Å². The lowest BCUT2D eigenvalue weighted by Crippen LogP contribution is -2.00. The molecule has 0 saturated heterocycles. The molecule has 0 aliphatic carbocycles. The molecule has 124 valence electrons.